The fraction of sp³-hybridized carbons (Fsp3) is 1.00. The summed E-state index contributed by atoms with van der Waals surface area (Å²) in [5, 5.41) is 0. The van der Waals surface area contributed by atoms with Gasteiger partial charge < -0.3 is 0 Å². The molecule has 2 heteroatoms. The zero-order valence-electron chi connectivity index (χ0n) is 8.21. The smallest absolute Gasteiger partial charge is 0.0474 e. The van der Waals surface area contributed by atoms with Gasteiger partial charge in [0.1, 0.15) is 0 Å². The standard InChI is InChI=1S/C10H20S2/c1-9-6-4-3-5-7-11-10(2)12-8-9/h9-10H,3-8H2,1-2H3. The fourth-order valence-corrected chi connectivity index (χ4v) is 3.83. The zero-order valence-corrected chi connectivity index (χ0v) is 9.85. The Morgan fingerprint density at radius 1 is 1.00 bits per heavy atom. The summed E-state index contributed by atoms with van der Waals surface area (Å²) < 4.78 is 0.825. The maximum absolute atomic E-state index is 2.39. The first-order chi connectivity index (χ1) is 5.79. The van der Waals surface area contributed by atoms with Crippen LogP contribution < -0.4 is 0 Å². The van der Waals surface area contributed by atoms with E-state index < -0.39 is 0 Å². The highest BCUT2D eigenvalue weighted by molar-refractivity contribution is 8.16. The highest BCUT2D eigenvalue weighted by Gasteiger charge is 2.09. The van der Waals surface area contributed by atoms with E-state index >= 15 is 0 Å². The van der Waals surface area contributed by atoms with Crippen LogP contribution in [-0.2, 0) is 0 Å². The van der Waals surface area contributed by atoms with Gasteiger partial charge in [-0.3, -0.25) is 0 Å². The van der Waals surface area contributed by atoms with Gasteiger partial charge in [-0.1, -0.05) is 19.8 Å². The molecule has 0 radical (unpaired) electrons. The summed E-state index contributed by atoms with van der Waals surface area (Å²) in [5.41, 5.74) is 0. The van der Waals surface area contributed by atoms with Gasteiger partial charge in [0.2, 0.25) is 0 Å². The van der Waals surface area contributed by atoms with Crippen LogP contribution in [0.1, 0.15) is 39.5 Å². The third-order valence-electron chi connectivity index (χ3n) is 2.31. The molecule has 0 aliphatic carbocycles. The van der Waals surface area contributed by atoms with Gasteiger partial charge in [0.05, 0.1) is 0 Å². The van der Waals surface area contributed by atoms with Crippen molar-refractivity contribution < 1.29 is 0 Å². The van der Waals surface area contributed by atoms with Crippen LogP contribution in [-0.4, -0.2) is 16.1 Å². The third kappa shape index (κ3) is 4.66. The molecule has 12 heavy (non-hydrogen) atoms. The van der Waals surface area contributed by atoms with Crippen LogP contribution in [0.5, 0.6) is 0 Å². The highest BCUT2D eigenvalue weighted by Crippen LogP contribution is 2.28. The summed E-state index contributed by atoms with van der Waals surface area (Å²) in [6.45, 7) is 4.75. The Labute approximate surface area is 85.3 Å². The first-order valence-electron chi connectivity index (χ1n) is 5.02. The van der Waals surface area contributed by atoms with Crippen molar-refractivity contribution in [2.75, 3.05) is 11.5 Å². The number of hydrogen-bond acceptors (Lipinski definition) is 2. The molecular formula is C10H20S2. The monoisotopic (exact) mass is 204 g/mol. The van der Waals surface area contributed by atoms with E-state index in [9.17, 15) is 0 Å². The molecule has 0 aromatic heterocycles. The summed E-state index contributed by atoms with van der Waals surface area (Å²) in [7, 11) is 0. The Bertz CT molecular complexity index is 100. The fourth-order valence-electron chi connectivity index (χ4n) is 1.45. The molecule has 72 valence electrons. The second-order valence-electron chi connectivity index (χ2n) is 3.73. The van der Waals surface area contributed by atoms with Gasteiger partial charge in [-0.15, -0.1) is 23.5 Å². The Kier molecular flexibility index (Phi) is 5.57. The predicted molar refractivity (Wildman–Crippen MR) is 62.0 cm³/mol. The lowest BCUT2D eigenvalue weighted by Crippen LogP contribution is -2.04. The normalized spacial score (nSPS) is 34.5. The second kappa shape index (κ2) is 6.20. The van der Waals surface area contributed by atoms with E-state index in [-0.39, 0.29) is 0 Å². The average Bonchev–Trinajstić information content (AvgIpc) is 2.07. The Hall–Kier alpha value is 0.700. The minimum atomic E-state index is 0.825. The lowest BCUT2D eigenvalue weighted by atomic mass is 10.1. The molecule has 2 unspecified atom stereocenters. The largest absolute Gasteiger partial charge is 0.148 e. The molecule has 1 heterocycles. The molecule has 2 atom stereocenters. The molecule has 0 amide bonds. The van der Waals surface area contributed by atoms with Crippen molar-refractivity contribution in [3.8, 4) is 0 Å². The van der Waals surface area contributed by atoms with E-state index in [0.29, 0.717) is 0 Å². The number of rotatable bonds is 0. The Morgan fingerprint density at radius 3 is 2.67 bits per heavy atom. The predicted octanol–water partition coefficient (Wildman–Crippen LogP) is 4.01. The van der Waals surface area contributed by atoms with Crippen LogP contribution in [0.3, 0.4) is 0 Å². The molecule has 0 aromatic rings. The molecule has 0 bridgehead atoms. The van der Waals surface area contributed by atoms with Crippen molar-refractivity contribution in [1.29, 1.82) is 0 Å². The maximum atomic E-state index is 2.39. The van der Waals surface area contributed by atoms with E-state index in [1.54, 1.807) is 0 Å². The summed E-state index contributed by atoms with van der Waals surface area (Å²) in [5.74, 6) is 3.69. The molecule has 1 aliphatic heterocycles. The Balaban J connectivity index is 2.23. The van der Waals surface area contributed by atoms with Crippen LogP contribution >= 0.6 is 23.5 Å². The summed E-state index contributed by atoms with van der Waals surface area (Å²) in [6.07, 6.45) is 5.79. The number of hydrogen-bond donors (Lipinski definition) is 0. The van der Waals surface area contributed by atoms with Gasteiger partial charge in [0, 0.05) is 4.58 Å². The lowest BCUT2D eigenvalue weighted by molar-refractivity contribution is 0.541. The molecule has 0 saturated carbocycles. The van der Waals surface area contributed by atoms with Crippen molar-refractivity contribution in [3.63, 3.8) is 0 Å². The third-order valence-corrected chi connectivity index (χ3v) is 5.35. The molecular weight excluding hydrogens is 184 g/mol. The van der Waals surface area contributed by atoms with Crippen molar-refractivity contribution >= 4 is 23.5 Å². The van der Waals surface area contributed by atoms with Crippen molar-refractivity contribution in [1.82, 2.24) is 0 Å². The van der Waals surface area contributed by atoms with E-state index in [1.165, 1.54) is 37.2 Å². The van der Waals surface area contributed by atoms with Gasteiger partial charge >= 0.3 is 0 Å². The van der Waals surface area contributed by atoms with E-state index in [0.717, 1.165) is 10.5 Å². The first kappa shape index (κ1) is 10.8. The molecule has 1 rings (SSSR count). The molecule has 0 N–H and O–H groups in total. The van der Waals surface area contributed by atoms with Gasteiger partial charge in [-0.25, -0.2) is 0 Å². The van der Waals surface area contributed by atoms with Gasteiger partial charge in [0.25, 0.3) is 0 Å². The summed E-state index contributed by atoms with van der Waals surface area (Å²) in [6, 6.07) is 0. The van der Waals surface area contributed by atoms with Crippen LogP contribution in [0, 0.1) is 5.92 Å². The van der Waals surface area contributed by atoms with Gasteiger partial charge in [0.15, 0.2) is 0 Å². The van der Waals surface area contributed by atoms with Gasteiger partial charge in [-0.05, 0) is 37.2 Å². The topological polar surface area (TPSA) is 0 Å². The number of thioether (sulfide) groups is 2. The van der Waals surface area contributed by atoms with E-state index in [4.69, 9.17) is 0 Å². The van der Waals surface area contributed by atoms with E-state index in [2.05, 4.69) is 37.4 Å². The summed E-state index contributed by atoms with van der Waals surface area (Å²) in [4.78, 5) is 0. The molecule has 1 aliphatic rings. The molecule has 1 saturated heterocycles. The van der Waals surface area contributed by atoms with Crippen LogP contribution in [0.15, 0.2) is 0 Å². The molecule has 0 aromatic carbocycles. The van der Waals surface area contributed by atoms with Crippen molar-refractivity contribution in [2.24, 2.45) is 5.92 Å². The minimum absolute atomic E-state index is 0.825. The second-order valence-corrected chi connectivity index (χ2v) is 6.85. The summed E-state index contributed by atoms with van der Waals surface area (Å²) >= 11 is 4.29. The SMILES string of the molecule is CC1CCCCCSC(C)SC1. The van der Waals surface area contributed by atoms with Crippen LogP contribution in [0.2, 0.25) is 0 Å². The Morgan fingerprint density at radius 2 is 1.83 bits per heavy atom. The average molecular weight is 204 g/mol. The molecule has 1 fully saturated rings. The first-order valence-corrected chi connectivity index (χ1v) is 7.12. The molecule has 0 nitrogen and oxygen atoms in total. The minimum Gasteiger partial charge on any atom is -0.148 e. The lowest BCUT2D eigenvalue weighted by Gasteiger charge is -2.17. The van der Waals surface area contributed by atoms with Gasteiger partial charge in [-0.2, -0.15) is 0 Å². The maximum Gasteiger partial charge on any atom is 0.0474 e. The van der Waals surface area contributed by atoms with Crippen LogP contribution in [0.25, 0.3) is 0 Å². The van der Waals surface area contributed by atoms with Crippen molar-refractivity contribution in [2.45, 2.75) is 44.1 Å². The van der Waals surface area contributed by atoms with Crippen molar-refractivity contribution in [3.05, 3.63) is 0 Å². The highest BCUT2D eigenvalue weighted by atomic mass is 32.2. The van der Waals surface area contributed by atoms with Crippen LogP contribution in [0.4, 0.5) is 0 Å². The van der Waals surface area contributed by atoms with E-state index in [1.807, 2.05) is 0 Å². The quantitative estimate of drug-likeness (QED) is 0.585. The molecule has 0 spiro atoms. The zero-order chi connectivity index (χ0) is 8.81.